The summed E-state index contributed by atoms with van der Waals surface area (Å²) in [6.45, 7) is 1.55. The van der Waals surface area contributed by atoms with Crippen LogP contribution in [0.15, 0.2) is 42.5 Å². The lowest BCUT2D eigenvalue weighted by molar-refractivity contribution is -0.137. The molecule has 5 nitrogen and oxygen atoms in total. The molecule has 2 aromatic carbocycles. The number of nitrogens with one attached hydrogen (secondary N) is 2. The number of benzene rings is 2. The van der Waals surface area contributed by atoms with E-state index in [0.717, 1.165) is 17.7 Å². The van der Waals surface area contributed by atoms with Gasteiger partial charge in [-0.25, -0.2) is 0 Å². The molecule has 0 spiro atoms. The third kappa shape index (κ3) is 7.19. The number of carbonyl (C=O) groups is 2. The van der Waals surface area contributed by atoms with Crippen LogP contribution in [0.5, 0.6) is 0 Å². The maximum absolute atomic E-state index is 12.9. The van der Waals surface area contributed by atoms with E-state index in [0.29, 0.717) is 5.02 Å². The lowest BCUT2D eigenvalue weighted by atomic mass is 10.1. The van der Waals surface area contributed by atoms with Crippen LogP contribution in [0.3, 0.4) is 0 Å². The standard InChI is InChI=1S/C20H20Cl2F3N3O2/c1-12(13-3-5-14(21)6-4-13)26-18(29)10-28(2)11-19(30)27-15-7-8-17(22)16(9-15)20(23,24)25/h3-9,12H,10-11H2,1-2H3,(H,26,29)(H,27,30)/t12-/m1/s1. The van der Waals surface area contributed by atoms with E-state index in [4.69, 9.17) is 23.2 Å². The van der Waals surface area contributed by atoms with Gasteiger partial charge in [0.25, 0.3) is 0 Å². The molecule has 0 saturated heterocycles. The van der Waals surface area contributed by atoms with Gasteiger partial charge in [-0.3, -0.25) is 14.5 Å². The quantitative estimate of drug-likeness (QED) is 0.624. The van der Waals surface area contributed by atoms with E-state index in [2.05, 4.69) is 10.6 Å². The summed E-state index contributed by atoms with van der Waals surface area (Å²) in [6, 6.07) is 9.88. The number of carbonyl (C=O) groups excluding carboxylic acids is 2. The molecule has 0 radical (unpaired) electrons. The van der Waals surface area contributed by atoms with Crippen LogP contribution in [-0.4, -0.2) is 36.9 Å². The average Bonchev–Trinajstić information content (AvgIpc) is 2.62. The molecule has 0 fully saturated rings. The molecule has 0 bridgehead atoms. The van der Waals surface area contributed by atoms with Gasteiger partial charge in [0, 0.05) is 10.7 Å². The van der Waals surface area contributed by atoms with Gasteiger partial charge in [0.2, 0.25) is 11.8 Å². The number of halogens is 5. The summed E-state index contributed by atoms with van der Waals surface area (Å²) in [7, 11) is 1.55. The van der Waals surface area contributed by atoms with Crippen molar-refractivity contribution < 1.29 is 22.8 Å². The van der Waals surface area contributed by atoms with E-state index in [1.807, 2.05) is 6.92 Å². The second-order valence-electron chi connectivity index (χ2n) is 6.75. The van der Waals surface area contributed by atoms with Crippen molar-refractivity contribution in [2.45, 2.75) is 19.1 Å². The highest BCUT2D eigenvalue weighted by Crippen LogP contribution is 2.36. The fraction of sp³-hybridized carbons (Fsp3) is 0.300. The summed E-state index contributed by atoms with van der Waals surface area (Å²) in [5.74, 6) is -0.870. The number of likely N-dealkylation sites (N-methyl/N-ethyl adjacent to an activating group) is 1. The fourth-order valence-corrected chi connectivity index (χ4v) is 3.04. The molecule has 0 aromatic heterocycles. The molecule has 2 rings (SSSR count). The van der Waals surface area contributed by atoms with Crippen molar-refractivity contribution in [2.24, 2.45) is 0 Å². The van der Waals surface area contributed by atoms with Crippen molar-refractivity contribution in [3.05, 3.63) is 63.6 Å². The van der Waals surface area contributed by atoms with Crippen LogP contribution in [0.1, 0.15) is 24.1 Å². The van der Waals surface area contributed by atoms with Crippen molar-refractivity contribution >= 4 is 40.7 Å². The summed E-state index contributed by atoms with van der Waals surface area (Å²) in [4.78, 5) is 25.7. The number of rotatable bonds is 7. The lowest BCUT2D eigenvalue weighted by Crippen LogP contribution is -2.39. The van der Waals surface area contributed by atoms with E-state index in [-0.39, 0.29) is 30.7 Å². The summed E-state index contributed by atoms with van der Waals surface area (Å²) < 4.78 is 38.7. The highest BCUT2D eigenvalue weighted by molar-refractivity contribution is 6.31. The minimum absolute atomic E-state index is 0.0362. The molecule has 2 amide bonds. The number of nitrogens with zero attached hydrogens (tertiary/aromatic N) is 1. The maximum Gasteiger partial charge on any atom is 0.417 e. The zero-order chi connectivity index (χ0) is 22.5. The topological polar surface area (TPSA) is 61.4 Å². The van der Waals surface area contributed by atoms with Crippen LogP contribution < -0.4 is 10.6 Å². The molecule has 0 aliphatic carbocycles. The third-order valence-corrected chi connectivity index (χ3v) is 4.71. The van der Waals surface area contributed by atoms with Crippen molar-refractivity contribution in [2.75, 3.05) is 25.5 Å². The van der Waals surface area contributed by atoms with Gasteiger partial charge in [0.15, 0.2) is 0 Å². The molecule has 162 valence electrons. The van der Waals surface area contributed by atoms with E-state index in [1.54, 1.807) is 31.3 Å². The molecular weight excluding hydrogens is 442 g/mol. The van der Waals surface area contributed by atoms with Gasteiger partial charge in [-0.15, -0.1) is 0 Å². The Morgan fingerprint density at radius 2 is 1.63 bits per heavy atom. The lowest BCUT2D eigenvalue weighted by Gasteiger charge is -2.19. The molecule has 0 aliphatic rings. The molecule has 1 atom stereocenters. The minimum Gasteiger partial charge on any atom is -0.348 e. The van der Waals surface area contributed by atoms with E-state index >= 15 is 0 Å². The zero-order valence-electron chi connectivity index (χ0n) is 16.2. The molecule has 2 N–H and O–H groups in total. The van der Waals surface area contributed by atoms with Crippen LogP contribution >= 0.6 is 23.2 Å². The van der Waals surface area contributed by atoms with Crippen LogP contribution in [0.25, 0.3) is 0 Å². The van der Waals surface area contributed by atoms with Gasteiger partial charge in [-0.1, -0.05) is 35.3 Å². The Balaban J connectivity index is 1.87. The van der Waals surface area contributed by atoms with Gasteiger partial charge >= 0.3 is 6.18 Å². The van der Waals surface area contributed by atoms with Crippen molar-refractivity contribution in [1.29, 1.82) is 0 Å². The Morgan fingerprint density at radius 3 is 2.23 bits per heavy atom. The Hall–Kier alpha value is -2.29. The second kappa shape index (κ2) is 10.1. The van der Waals surface area contributed by atoms with Crippen LogP contribution in [0, 0.1) is 0 Å². The molecule has 2 aromatic rings. The Bertz CT molecular complexity index is 905. The van der Waals surface area contributed by atoms with Crippen LogP contribution in [0.4, 0.5) is 18.9 Å². The zero-order valence-corrected chi connectivity index (χ0v) is 17.7. The number of anilines is 1. The Morgan fingerprint density at radius 1 is 1.03 bits per heavy atom. The van der Waals surface area contributed by atoms with Gasteiger partial charge in [-0.2, -0.15) is 13.2 Å². The van der Waals surface area contributed by atoms with Gasteiger partial charge in [0.05, 0.1) is 29.7 Å². The molecule has 10 heteroatoms. The number of amides is 2. The Kier molecular flexibility index (Phi) is 8.11. The molecule has 0 aliphatic heterocycles. The van der Waals surface area contributed by atoms with E-state index < -0.39 is 22.7 Å². The average molecular weight is 462 g/mol. The van der Waals surface area contributed by atoms with E-state index in [1.165, 1.54) is 11.0 Å². The largest absolute Gasteiger partial charge is 0.417 e. The summed E-state index contributed by atoms with van der Waals surface area (Å²) >= 11 is 11.4. The normalized spacial score (nSPS) is 12.5. The number of hydrogen-bond acceptors (Lipinski definition) is 3. The highest BCUT2D eigenvalue weighted by atomic mass is 35.5. The van der Waals surface area contributed by atoms with Crippen molar-refractivity contribution in [3.8, 4) is 0 Å². The fourth-order valence-electron chi connectivity index (χ4n) is 2.69. The van der Waals surface area contributed by atoms with Gasteiger partial charge in [-0.05, 0) is 49.9 Å². The molecule has 0 unspecified atom stereocenters. The first kappa shape index (κ1) is 24.0. The molecular formula is C20H20Cl2F3N3O2. The van der Waals surface area contributed by atoms with Gasteiger partial charge in [0.1, 0.15) is 0 Å². The monoisotopic (exact) mass is 461 g/mol. The Labute approximate surface area is 182 Å². The maximum atomic E-state index is 12.9. The smallest absolute Gasteiger partial charge is 0.348 e. The first-order valence-corrected chi connectivity index (χ1v) is 9.61. The van der Waals surface area contributed by atoms with Crippen molar-refractivity contribution in [3.63, 3.8) is 0 Å². The van der Waals surface area contributed by atoms with Crippen molar-refractivity contribution in [1.82, 2.24) is 10.2 Å². The number of hydrogen-bond donors (Lipinski definition) is 2. The molecule has 30 heavy (non-hydrogen) atoms. The van der Waals surface area contributed by atoms with Crippen LogP contribution in [-0.2, 0) is 15.8 Å². The van der Waals surface area contributed by atoms with E-state index in [9.17, 15) is 22.8 Å². The predicted molar refractivity (Wildman–Crippen MR) is 111 cm³/mol. The first-order chi connectivity index (χ1) is 14.0. The summed E-state index contributed by atoms with van der Waals surface area (Å²) in [5.41, 5.74) is -0.201. The minimum atomic E-state index is -4.63. The summed E-state index contributed by atoms with van der Waals surface area (Å²) in [6.07, 6.45) is -4.63. The highest BCUT2D eigenvalue weighted by Gasteiger charge is 2.33. The molecule has 0 saturated carbocycles. The van der Waals surface area contributed by atoms with Crippen LogP contribution in [0.2, 0.25) is 10.0 Å². The molecule has 0 heterocycles. The predicted octanol–water partition coefficient (Wildman–Crippen LogP) is 4.76. The second-order valence-corrected chi connectivity index (χ2v) is 7.60. The first-order valence-electron chi connectivity index (χ1n) is 8.85. The SMILES string of the molecule is C[C@@H](NC(=O)CN(C)CC(=O)Nc1ccc(Cl)c(C(F)(F)F)c1)c1ccc(Cl)cc1. The number of alkyl halides is 3. The third-order valence-electron chi connectivity index (χ3n) is 4.13. The summed E-state index contributed by atoms with van der Waals surface area (Å²) in [5, 5.41) is 5.31. The van der Waals surface area contributed by atoms with Gasteiger partial charge < -0.3 is 10.6 Å².